The van der Waals surface area contributed by atoms with E-state index in [2.05, 4.69) is 10.3 Å². The van der Waals surface area contributed by atoms with Crippen LogP contribution in [0.2, 0.25) is 0 Å². The van der Waals surface area contributed by atoms with Gasteiger partial charge in [-0.2, -0.15) is 0 Å². The minimum Gasteiger partial charge on any atom is -0.462 e. The quantitative estimate of drug-likeness (QED) is 0.208. The lowest BCUT2D eigenvalue weighted by Gasteiger charge is -2.13. The molecule has 0 spiro atoms. The summed E-state index contributed by atoms with van der Waals surface area (Å²) in [5, 5.41) is 3.01. The van der Waals surface area contributed by atoms with Crippen molar-refractivity contribution in [2.24, 2.45) is 10.7 Å². The second-order valence-corrected chi connectivity index (χ2v) is 5.27. The van der Waals surface area contributed by atoms with Crippen LogP contribution in [0.4, 0.5) is 0 Å². The van der Waals surface area contributed by atoms with E-state index in [9.17, 15) is 4.79 Å². The molecule has 0 aromatic heterocycles. The van der Waals surface area contributed by atoms with Crippen LogP contribution in [0, 0.1) is 0 Å². The maximum Gasteiger partial charge on any atom is 0.306 e. The maximum atomic E-state index is 11.6. The van der Waals surface area contributed by atoms with Gasteiger partial charge in [-0.25, -0.2) is 0 Å². The number of hydrogen-bond acceptors (Lipinski definition) is 4. The van der Waals surface area contributed by atoms with Gasteiger partial charge in [0.1, 0.15) is 6.10 Å². The third kappa shape index (κ3) is 9.89. The number of halogens is 1. The number of ether oxygens (including phenoxy) is 2. The lowest BCUT2D eigenvalue weighted by molar-refractivity contribution is -0.148. The Morgan fingerprint density at radius 3 is 2.71 bits per heavy atom. The highest BCUT2D eigenvalue weighted by Gasteiger charge is 2.18. The Bertz CT molecular complexity index is 321. The summed E-state index contributed by atoms with van der Waals surface area (Å²) < 4.78 is 10.4. The SMILES string of the molecule is COCC(C)NC(N)=NCCCC(=O)OC1CCCC1.I. The van der Waals surface area contributed by atoms with Crippen LogP contribution in [0.15, 0.2) is 4.99 Å². The number of carbonyl (C=O) groups is 1. The molecule has 0 bridgehead atoms. The summed E-state index contributed by atoms with van der Waals surface area (Å²) >= 11 is 0. The third-order valence-electron chi connectivity index (χ3n) is 3.23. The number of methoxy groups -OCH3 is 1. The van der Waals surface area contributed by atoms with Gasteiger partial charge in [-0.05, 0) is 39.0 Å². The van der Waals surface area contributed by atoms with Crippen molar-refractivity contribution in [1.82, 2.24) is 5.32 Å². The van der Waals surface area contributed by atoms with Crippen LogP contribution in [0.1, 0.15) is 45.4 Å². The molecule has 1 aliphatic rings. The third-order valence-corrected chi connectivity index (χ3v) is 3.23. The molecule has 0 radical (unpaired) electrons. The van der Waals surface area contributed by atoms with Crippen LogP contribution in [-0.4, -0.2) is 44.3 Å². The molecule has 124 valence electrons. The summed E-state index contributed by atoms with van der Waals surface area (Å²) in [5.74, 6) is 0.269. The molecule has 1 aliphatic carbocycles. The highest BCUT2D eigenvalue weighted by Crippen LogP contribution is 2.21. The number of nitrogens with one attached hydrogen (secondary N) is 1. The zero-order chi connectivity index (χ0) is 14.8. The molecule has 3 N–H and O–H groups in total. The average Bonchev–Trinajstić information content (AvgIpc) is 2.87. The predicted molar refractivity (Wildman–Crippen MR) is 94.0 cm³/mol. The zero-order valence-electron chi connectivity index (χ0n) is 13.0. The van der Waals surface area contributed by atoms with Gasteiger partial charge >= 0.3 is 5.97 Å². The van der Waals surface area contributed by atoms with Crippen molar-refractivity contribution in [2.45, 2.75) is 57.6 Å². The number of nitrogens with zero attached hydrogens (tertiary/aromatic N) is 1. The van der Waals surface area contributed by atoms with Crippen LogP contribution >= 0.6 is 24.0 Å². The first-order valence-electron chi connectivity index (χ1n) is 7.36. The Hall–Kier alpha value is -0.570. The highest BCUT2D eigenvalue weighted by molar-refractivity contribution is 14.0. The molecular formula is C14H28IN3O3. The maximum absolute atomic E-state index is 11.6. The largest absolute Gasteiger partial charge is 0.462 e. The predicted octanol–water partition coefficient (Wildman–Crippen LogP) is 1.81. The van der Waals surface area contributed by atoms with Crippen molar-refractivity contribution in [3.05, 3.63) is 0 Å². The summed E-state index contributed by atoms with van der Waals surface area (Å²) in [6.45, 7) is 3.06. The lowest BCUT2D eigenvalue weighted by Crippen LogP contribution is -2.40. The van der Waals surface area contributed by atoms with Gasteiger partial charge in [0.05, 0.1) is 6.61 Å². The number of carbonyl (C=O) groups excluding carboxylic acids is 1. The highest BCUT2D eigenvalue weighted by atomic mass is 127. The van der Waals surface area contributed by atoms with Gasteiger partial charge in [-0.3, -0.25) is 9.79 Å². The summed E-state index contributed by atoms with van der Waals surface area (Å²) in [4.78, 5) is 15.7. The van der Waals surface area contributed by atoms with Crippen LogP contribution < -0.4 is 11.1 Å². The number of aliphatic imine (C=N–C) groups is 1. The molecule has 0 saturated heterocycles. The first-order valence-corrected chi connectivity index (χ1v) is 7.36. The molecule has 0 aliphatic heterocycles. The first kappa shape index (κ1) is 20.4. The van der Waals surface area contributed by atoms with E-state index in [1.165, 1.54) is 12.8 Å². The Morgan fingerprint density at radius 2 is 2.10 bits per heavy atom. The van der Waals surface area contributed by atoms with E-state index in [1.54, 1.807) is 7.11 Å². The first-order chi connectivity index (χ1) is 9.61. The van der Waals surface area contributed by atoms with Crippen LogP contribution in [0.25, 0.3) is 0 Å². The van der Waals surface area contributed by atoms with Crippen molar-refractivity contribution in [3.63, 3.8) is 0 Å². The molecule has 0 aromatic carbocycles. The van der Waals surface area contributed by atoms with Gasteiger partial charge in [0.25, 0.3) is 0 Å². The fraction of sp³-hybridized carbons (Fsp3) is 0.857. The molecule has 7 heteroatoms. The van der Waals surface area contributed by atoms with Gasteiger partial charge in [-0.1, -0.05) is 0 Å². The fourth-order valence-electron chi connectivity index (χ4n) is 2.26. The number of guanidine groups is 1. The van der Waals surface area contributed by atoms with Gasteiger partial charge in [-0.15, -0.1) is 24.0 Å². The van der Waals surface area contributed by atoms with Gasteiger partial charge in [0.2, 0.25) is 0 Å². The van der Waals surface area contributed by atoms with E-state index in [0.29, 0.717) is 32.0 Å². The van der Waals surface area contributed by atoms with Crippen molar-refractivity contribution in [2.75, 3.05) is 20.3 Å². The molecule has 1 atom stereocenters. The Kier molecular flexibility index (Phi) is 11.7. The Labute approximate surface area is 144 Å². The minimum absolute atomic E-state index is 0. The summed E-state index contributed by atoms with van der Waals surface area (Å²) in [6, 6.07) is 0.121. The summed E-state index contributed by atoms with van der Waals surface area (Å²) in [7, 11) is 1.64. The van der Waals surface area contributed by atoms with E-state index in [-0.39, 0.29) is 42.1 Å². The molecular weight excluding hydrogens is 385 g/mol. The average molecular weight is 413 g/mol. The molecule has 21 heavy (non-hydrogen) atoms. The number of rotatable bonds is 8. The Morgan fingerprint density at radius 1 is 1.43 bits per heavy atom. The van der Waals surface area contributed by atoms with Gasteiger partial charge in [0, 0.05) is 26.1 Å². The molecule has 0 amide bonds. The van der Waals surface area contributed by atoms with E-state index < -0.39 is 0 Å². The monoisotopic (exact) mass is 413 g/mol. The van der Waals surface area contributed by atoms with Gasteiger partial charge < -0.3 is 20.5 Å². The molecule has 1 fully saturated rings. The second kappa shape index (κ2) is 12.0. The topological polar surface area (TPSA) is 85.9 Å². The standard InChI is InChI=1S/C14H27N3O3.HI/c1-11(10-19-2)17-14(15)16-9-5-8-13(18)20-12-6-3-4-7-12;/h11-12H,3-10H2,1-2H3,(H3,15,16,17);1H. The molecule has 6 nitrogen and oxygen atoms in total. The minimum atomic E-state index is -0.119. The number of esters is 1. The number of nitrogens with two attached hydrogens (primary N) is 1. The van der Waals surface area contributed by atoms with Crippen LogP contribution in [-0.2, 0) is 14.3 Å². The second-order valence-electron chi connectivity index (χ2n) is 5.27. The van der Waals surface area contributed by atoms with Crippen LogP contribution in [0.3, 0.4) is 0 Å². The molecule has 0 heterocycles. The number of hydrogen-bond donors (Lipinski definition) is 2. The summed E-state index contributed by atoms with van der Waals surface area (Å²) in [5.41, 5.74) is 5.72. The van der Waals surface area contributed by atoms with E-state index in [0.717, 1.165) is 12.8 Å². The Balaban J connectivity index is 0.00000400. The van der Waals surface area contributed by atoms with Crippen molar-refractivity contribution in [1.29, 1.82) is 0 Å². The summed E-state index contributed by atoms with van der Waals surface area (Å²) in [6.07, 6.45) is 5.57. The molecule has 1 saturated carbocycles. The lowest BCUT2D eigenvalue weighted by atomic mass is 10.3. The fourth-order valence-corrected chi connectivity index (χ4v) is 2.26. The van der Waals surface area contributed by atoms with E-state index in [4.69, 9.17) is 15.2 Å². The smallest absolute Gasteiger partial charge is 0.306 e. The van der Waals surface area contributed by atoms with Crippen LogP contribution in [0.5, 0.6) is 0 Å². The van der Waals surface area contributed by atoms with Crippen molar-refractivity contribution in [3.8, 4) is 0 Å². The normalized spacial score (nSPS) is 17.1. The van der Waals surface area contributed by atoms with Crippen molar-refractivity contribution >= 4 is 35.9 Å². The molecule has 1 rings (SSSR count). The van der Waals surface area contributed by atoms with Gasteiger partial charge in [0.15, 0.2) is 5.96 Å². The molecule has 1 unspecified atom stereocenters. The zero-order valence-corrected chi connectivity index (χ0v) is 15.3. The van der Waals surface area contributed by atoms with Crippen molar-refractivity contribution < 1.29 is 14.3 Å². The van der Waals surface area contributed by atoms with E-state index >= 15 is 0 Å². The van der Waals surface area contributed by atoms with E-state index in [1.807, 2.05) is 6.92 Å². The molecule has 0 aromatic rings.